The molecule has 1 aliphatic carbocycles. The number of nitrogens with one attached hydrogen (secondary N) is 1. The van der Waals surface area contributed by atoms with Gasteiger partial charge < -0.3 is 78.0 Å². The van der Waals surface area contributed by atoms with E-state index in [1.165, 1.54) is 13.1 Å². The molecule has 77 heavy (non-hydrogen) atoms. The van der Waals surface area contributed by atoms with Crippen molar-refractivity contribution in [2.75, 3.05) is 66.0 Å². The van der Waals surface area contributed by atoms with E-state index >= 15 is 0 Å². The number of anilines is 1. The molecule has 3 saturated heterocycles. The molecule has 0 spiro atoms. The smallest absolute Gasteiger partial charge is 0.341 e. The third-order valence-electron chi connectivity index (χ3n) is 16.5. The number of carbonyl (C=O) groups is 3. The summed E-state index contributed by atoms with van der Waals surface area (Å²) >= 11 is 0. The van der Waals surface area contributed by atoms with Gasteiger partial charge in [0.1, 0.15) is 29.5 Å². The van der Waals surface area contributed by atoms with Crippen LogP contribution in [0.2, 0.25) is 0 Å². The number of aliphatic hydroxyl groups excluding tert-OH is 1. The summed E-state index contributed by atoms with van der Waals surface area (Å²) < 4.78 is 52.1. The molecule has 4 heterocycles. The second-order valence-electron chi connectivity index (χ2n) is 23.5. The first-order valence-corrected chi connectivity index (χ1v) is 28.1. The molecule has 1 saturated carbocycles. The highest BCUT2D eigenvalue weighted by atomic mass is 16.7. The van der Waals surface area contributed by atoms with E-state index < -0.39 is 102 Å². The Morgan fingerprint density at radius 2 is 1.57 bits per heavy atom. The van der Waals surface area contributed by atoms with Crippen LogP contribution in [0.5, 0.6) is 0 Å². The van der Waals surface area contributed by atoms with Crippen LogP contribution in [0.15, 0.2) is 29.2 Å². The van der Waals surface area contributed by atoms with Crippen molar-refractivity contribution in [3.63, 3.8) is 0 Å². The standard InChI is InChI=1S/C57H92N4O16/c1-14-45-57(10,69)52(64)37(7)60(13)30-32(2)29-56(9,68)53(77-48-28-41(59(11)12)26-34(4)72-48)35(5)51(36(6)55(67)74-45)76-47-25-33(3)50(38(8)73-47)75-46(62)19-21-70-23-24-71-22-20-58-39-15-18-44-42(27-39)49(63)43(54(65)66)31-61(44)40-16-17-40/h15,18,27,31-38,40-41,45,47-48,50-53,58,64,68-69H,14,16-17,19-26,28-30H2,1-13H3,(H,65,66)/t32-,33+,34-,35+,36-,37-,38+,41+,45-,47+,48+,50-,51+,52-,53-,56-,57-/m1/s1. The summed E-state index contributed by atoms with van der Waals surface area (Å²) in [5.74, 6) is -4.35. The van der Waals surface area contributed by atoms with E-state index in [0.717, 1.165) is 19.3 Å². The predicted molar refractivity (Wildman–Crippen MR) is 289 cm³/mol. The zero-order valence-electron chi connectivity index (χ0n) is 48.0. The van der Waals surface area contributed by atoms with Crippen molar-refractivity contribution in [1.29, 1.82) is 0 Å². The molecule has 2 aromatic rings. The number of carbonyl (C=O) groups excluding carboxylic acids is 2. The van der Waals surface area contributed by atoms with E-state index in [0.29, 0.717) is 49.1 Å². The number of benzene rings is 1. The Morgan fingerprint density at radius 3 is 2.21 bits per heavy atom. The van der Waals surface area contributed by atoms with Crippen molar-refractivity contribution in [2.45, 2.75) is 205 Å². The molecule has 1 aromatic heterocycles. The van der Waals surface area contributed by atoms with Gasteiger partial charge in [-0.25, -0.2) is 4.79 Å². The molecule has 1 aromatic carbocycles. The van der Waals surface area contributed by atoms with Crippen LogP contribution in [0.25, 0.3) is 10.9 Å². The highest BCUT2D eigenvalue weighted by Crippen LogP contribution is 2.40. The van der Waals surface area contributed by atoms with Crippen LogP contribution >= 0.6 is 0 Å². The van der Waals surface area contributed by atoms with Crippen molar-refractivity contribution in [2.24, 2.45) is 23.7 Å². The molecule has 6 rings (SSSR count). The van der Waals surface area contributed by atoms with Crippen molar-refractivity contribution in [3.8, 4) is 0 Å². The summed E-state index contributed by atoms with van der Waals surface area (Å²) in [7, 11) is 5.92. The number of ether oxygens (including phenoxy) is 8. The summed E-state index contributed by atoms with van der Waals surface area (Å²) in [5, 5.41) is 49.4. The normalized spacial score (nSPS) is 36.2. The van der Waals surface area contributed by atoms with Crippen LogP contribution in [0.3, 0.4) is 0 Å². The Labute approximate surface area is 455 Å². The molecule has 17 atom stereocenters. The van der Waals surface area contributed by atoms with E-state index in [-0.39, 0.29) is 74.7 Å². The molecule has 4 fully saturated rings. The number of aromatic nitrogens is 1. The first-order chi connectivity index (χ1) is 36.2. The molecule has 0 unspecified atom stereocenters. The highest BCUT2D eigenvalue weighted by molar-refractivity contribution is 5.93. The third kappa shape index (κ3) is 16.0. The minimum atomic E-state index is -1.81. The largest absolute Gasteiger partial charge is 0.477 e. The average molecular weight is 1090 g/mol. The third-order valence-corrected chi connectivity index (χ3v) is 16.5. The lowest BCUT2D eigenvalue weighted by atomic mass is 9.77. The first-order valence-electron chi connectivity index (χ1n) is 28.1. The molecule has 0 radical (unpaired) electrons. The van der Waals surface area contributed by atoms with Crippen molar-refractivity contribution >= 4 is 34.5 Å². The Kier molecular flexibility index (Phi) is 22.0. The van der Waals surface area contributed by atoms with Gasteiger partial charge in [-0.1, -0.05) is 27.7 Å². The molecule has 20 nitrogen and oxygen atoms in total. The van der Waals surface area contributed by atoms with Crippen LogP contribution in [0.4, 0.5) is 5.69 Å². The van der Waals surface area contributed by atoms with E-state index in [4.69, 9.17) is 37.9 Å². The van der Waals surface area contributed by atoms with Crippen LogP contribution in [-0.4, -0.2) is 192 Å². The predicted octanol–water partition coefficient (Wildman–Crippen LogP) is 5.60. The van der Waals surface area contributed by atoms with Gasteiger partial charge in [-0.05, 0) is 119 Å². The van der Waals surface area contributed by atoms with E-state index in [1.54, 1.807) is 26.8 Å². The fourth-order valence-corrected chi connectivity index (χ4v) is 11.9. The number of likely N-dealkylation sites (N-methyl/N-ethyl adjacent to an activating group) is 1. The molecular formula is C57H92N4O16. The van der Waals surface area contributed by atoms with Gasteiger partial charge in [0.25, 0.3) is 0 Å². The molecule has 5 N–H and O–H groups in total. The van der Waals surface area contributed by atoms with Crippen LogP contribution in [0, 0.1) is 23.7 Å². The lowest BCUT2D eigenvalue weighted by Crippen LogP contribution is -2.59. The Bertz CT molecular complexity index is 2310. The molecule has 3 aliphatic heterocycles. The number of aromatic carboxylic acids is 1. The van der Waals surface area contributed by atoms with Gasteiger partial charge >= 0.3 is 17.9 Å². The quantitative estimate of drug-likeness (QED) is 0.0849. The van der Waals surface area contributed by atoms with Crippen molar-refractivity contribution in [3.05, 3.63) is 40.2 Å². The number of pyridine rings is 1. The minimum absolute atomic E-state index is 0.00121. The number of rotatable bonds is 19. The number of esters is 2. The lowest BCUT2D eigenvalue weighted by molar-refractivity contribution is -0.291. The Hall–Kier alpha value is -3.80. The van der Waals surface area contributed by atoms with Gasteiger partial charge in [0.05, 0.1) is 74.3 Å². The van der Waals surface area contributed by atoms with Gasteiger partial charge in [0.15, 0.2) is 12.6 Å². The Balaban J connectivity index is 1.05. The van der Waals surface area contributed by atoms with Gasteiger partial charge in [-0.2, -0.15) is 0 Å². The van der Waals surface area contributed by atoms with Crippen molar-refractivity contribution in [1.82, 2.24) is 14.4 Å². The monoisotopic (exact) mass is 1090 g/mol. The zero-order chi connectivity index (χ0) is 56.7. The topological polar surface area (TPSA) is 246 Å². The van der Waals surface area contributed by atoms with E-state index in [9.17, 15) is 39.6 Å². The summed E-state index contributed by atoms with van der Waals surface area (Å²) in [4.78, 5) is 56.5. The van der Waals surface area contributed by atoms with Gasteiger partial charge in [-0.15, -0.1) is 0 Å². The maximum Gasteiger partial charge on any atom is 0.341 e. The van der Waals surface area contributed by atoms with Gasteiger partial charge in [0.2, 0.25) is 5.43 Å². The summed E-state index contributed by atoms with van der Waals surface area (Å²) in [6.07, 6.45) is -1.58. The summed E-state index contributed by atoms with van der Waals surface area (Å²) in [6, 6.07) is 5.20. The molecular weight excluding hydrogens is 997 g/mol. The maximum atomic E-state index is 14.5. The number of hydrogen-bond donors (Lipinski definition) is 5. The number of hydrogen-bond acceptors (Lipinski definition) is 18. The van der Waals surface area contributed by atoms with Crippen LogP contribution < -0.4 is 10.7 Å². The fraction of sp³-hybridized carbons (Fsp3) is 0.789. The lowest BCUT2D eigenvalue weighted by Gasteiger charge is -2.47. The SMILES string of the molecule is CC[C@H]1OC(=O)[C@H](C)[C@@H](O[C@H]2C[C@H](C)[C@@H](OC(=O)CCOCCOCCNc3ccc4c(c3)c(=O)c(C(=O)O)cn4C3CC3)[C@H](C)O2)[C@H](C)[C@@H](O[C@H]2C[C@@H](N(C)C)C[C@@H](C)O2)[C@](C)(O)C[C@@H](C)CN(C)[C@H](C)[C@@H](O)[C@]1(C)O. The number of carboxylic acid groups (broad SMARTS) is 1. The average Bonchev–Trinajstić information content (AvgIpc) is 4.24. The molecule has 0 amide bonds. The summed E-state index contributed by atoms with van der Waals surface area (Å²) in [6.45, 7) is 20.1. The van der Waals surface area contributed by atoms with E-state index in [2.05, 4.69) is 10.2 Å². The molecule has 4 aliphatic rings. The number of aliphatic hydroxyl groups is 3. The maximum absolute atomic E-state index is 14.5. The van der Waals surface area contributed by atoms with Crippen LogP contribution in [0.1, 0.15) is 137 Å². The second kappa shape index (κ2) is 27.1. The van der Waals surface area contributed by atoms with Gasteiger partial charge in [-0.3, -0.25) is 14.4 Å². The number of cyclic esters (lactones) is 1. The Morgan fingerprint density at radius 1 is 0.896 bits per heavy atom. The number of fused-ring (bicyclic) bond motifs is 1. The summed E-state index contributed by atoms with van der Waals surface area (Å²) in [5.41, 5.74) is -2.67. The first kappa shape index (κ1) is 62.4. The highest BCUT2D eigenvalue weighted by Gasteiger charge is 2.51. The fourth-order valence-electron chi connectivity index (χ4n) is 11.9. The number of carboxylic acids is 1. The van der Waals surface area contributed by atoms with E-state index in [1.807, 2.05) is 84.3 Å². The van der Waals surface area contributed by atoms with Crippen molar-refractivity contribution < 1.29 is 72.7 Å². The van der Waals surface area contributed by atoms with Gasteiger partial charge in [0, 0.05) is 73.2 Å². The molecule has 436 valence electrons. The second-order valence-corrected chi connectivity index (χ2v) is 23.5. The zero-order valence-corrected chi connectivity index (χ0v) is 48.0. The molecule has 20 heteroatoms. The minimum Gasteiger partial charge on any atom is -0.477 e. The molecule has 0 bridgehead atoms. The number of nitrogens with zero attached hydrogens (tertiary/aromatic N) is 3. The van der Waals surface area contributed by atoms with Crippen LogP contribution in [-0.2, 0) is 47.5 Å².